The van der Waals surface area contributed by atoms with Gasteiger partial charge in [-0.2, -0.15) is 0 Å². The van der Waals surface area contributed by atoms with E-state index in [1.54, 1.807) is 6.92 Å². The summed E-state index contributed by atoms with van der Waals surface area (Å²) in [6.45, 7) is 2.09. The lowest BCUT2D eigenvalue weighted by molar-refractivity contribution is 0.0514. The molecule has 84 valence electrons. The maximum absolute atomic E-state index is 11.4. The molecular formula is C11H11ClN2O2. The van der Waals surface area contributed by atoms with E-state index in [1.165, 1.54) is 0 Å². The summed E-state index contributed by atoms with van der Waals surface area (Å²) in [4.78, 5) is 18.5. The van der Waals surface area contributed by atoms with Crippen LogP contribution in [0.15, 0.2) is 18.2 Å². The summed E-state index contributed by atoms with van der Waals surface area (Å²) in [5, 5.41) is 0. The second-order valence-corrected chi connectivity index (χ2v) is 3.56. The van der Waals surface area contributed by atoms with Crippen LogP contribution in [0.2, 0.25) is 0 Å². The number of hydrogen-bond donors (Lipinski definition) is 1. The molecule has 0 fully saturated rings. The Hall–Kier alpha value is -1.55. The zero-order valence-electron chi connectivity index (χ0n) is 8.79. The molecule has 2 rings (SSSR count). The summed E-state index contributed by atoms with van der Waals surface area (Å²) < 4.78 is 4.86. The lowest BCUT2D eigenvalue weighted by atomic mass is 10.2. The second-order valence-electron chi connectivity index (χ2n) is 3.29. The number of nitrogens with one attached hydrogen (secondary N) is 1. The van der Waals surface area contributed by atoms with Gasteiger partial charge >= 0.3 is 5.97 Å². The molecule has 1 aromatic heterocycles. The number of halogens is 1. The zero-order valence-corrected chi connectivity index (χ0v) is 9.54. The molecule has 0 aliphatic rings. The number of carbonyl (C=O) groups excluding carboxylic acids is 1. The summed E-state index contributed by atoms with van der Waals surface area (Å²) in [6.07, 6.45) is 0. The number of nitrogens with zero attached hydrogens (tertiary/aromatic N) is 1. The van der Waals surface area contributed by atoms with Crippen molar-refractivity contribution in [1.82, 2.24) is 9.97 Å². The van der Waals surface area contributed by atoms with Gasteiger partial charge in [-0.25, -0.2) is 9.78 Å². The Morgan fingerprint density at radius 2 is 2.38 bits per heavy atom. The fourth-order valence-electron chi connectivity index (χ4n) is 1.44. The first-order valence-electron chi connectivity index (χ1n) is 4.96. The first-order chi connectivity index (χ1) is 7.74. The molecule has 0 saturated carbocycles. The van der Waals surface area contributed by atoms with Crippen LogP contribution in [-0.2, 0) is 10.6 Å². The highest BCUT2D eigenvalue weighted by atomic mass is 35.5. The third kappa shape index (κ3) is 2.02. The summed E-state index contributed by atoms with van der Waals surface area (Å²) in [5.41, 5.74) is 2.51. The number of fused-ring (bicyclic) bond motifs is 1. The zero-order chi connectivity index (χ0) is 11.5. The van der Waals surface area contributed by atoms with Crippen molar-refractivity contribution in [2.24, 2.45) is 0 Å². The maximum Gasteiger partial charge on any atom is 0.374 e. The van der Waals surface area contributed by atoms with Crippen LogP contribution in [0, 0.1) is 0 Å². The van der Waals surface area contributed by atoms with Gasteiger partial charge in [0.25, 0.3) is 0 Å². The number of alkyl halides is 1. The molecular weight excluding hydrogens is 228 g/mol. The second kappa shape index (κ2) is 4.53. The minimum atomic E-state index is -0.439. The number of carbonyl (C=O) groups is 1. The molecule has 4 nitrogen and oxygen atoms in total. The summed E-state index contributed by atoms with van der Waals surface area (Å²) in [6, 6.07) is 5.58. The van der Waals surface area contributed by atoms with Crippen LogP contribution in [0.4, 0.5) is 0 Å². The summed E-state index contributed by atoms with van der Waals surface area (Å²) in [5.74, 6) is 0.221. The number of ether oxygens (including phenoxy) is 1. The minimum absolute atomic E-state index is 0.226. The third-order valence-electron chi connectivity index (χ3n) is 2.17. The fourth-order valence-corrected chi connectivity index (χ4v) is 1.60. The van der Waals surface area contributed by atoms with Gasteiger partial charge in [0.2, 0.25) is 5.82 Å². The molecule has 16 heavy (non-hydrogen) atoms. The molecule has 0 saturated heterocycles. The number of esters is 1. The van der Waals surface area contributed by atoms with Crippen molar-refractivity contribution in [2.45, 2.75) is 12.8 Å². The van der Waals surface area contributed by atoms with E-state index in [0.29, 0.717) is 12.5 Å². The van der Waals surface area contributed by atoms with Gasteiger partial charge in [0, 0.05) is 5.88 Å². The van der Waals surface area contributed by atoms with E-state index in [4.69, 9.17) is 16.3 Å². The normalized spacial score (nSPS) is 10.6. The van der Waals surface area contributed by atoms with Crippen molar-refractivity contribution in [3.05, 3.63) is 29.6 Å². The first kappa shape index (κ1) is 11.0. The third-order valence-corrected chi connectivity index (χ3v) is 2.48. The Labute approximate surface area is 97.6 Å². The minimum Gasteiger partial charge on any atom is -0.460 e. The van der Waals surface area contributed by atoms with E-state index in [2.05, 4.69) is 9.97 Å². The largest absolute Gasteiger partial charge is 0.460 e. The molecule has 0 atom stereocenters. The van der Waals surface area contributed by atoms with Crippen molar-refractivity contribution in [3.63, 3.8) is 0 Å². The number of aromatic nitrogens is 2. The molecule has 1 N–H and O–H groups in total. The highest BCUT2D eigenvalue weighted by Gasteiger charge is 2.12. The van der Waals surface area contributed by atoms with Gasteiger partial charge in [0.15, 0.2) is 0 Å². The molecule has 5 heteroatoms. The van der Waals surface area contributed by atoms with E-state index >= 15 is 0 Å². The fraction of sp³-hybridized carbons (Fsp3) is 0.273. The Morgan fingerprint density at radius 1 is 1.56 bits per heavy atom. The Kier molecular flexibility index (Phi) is 3.10. The van der Waals surface area contributed by atoms with E-state index < -0.39 is 5.97 Å². The van der Waals surface area contributed by atoms with Crippen molar-refractivity contribution in [3.8, 4) is 0 Å². The van der Waals surface area contributed by atoms with Gasteiger partial charge in [0.05, 0.1) is 17.6 Å². The van der Waals surface area contributed by atoms with Crippen LogP contribution in [0.3, 0.4) is 0 Å². The van der Waals surface area contributed by atoms with Crippen LogP contribution in [0.1, 0.15) is 23.1 Å². The molecule has 0 spiro atoms. The number of aromatic amines is 1. The Morgan fingerprint density at radius 3 is 3.06 bits per heavy atom. The average molecular weight is 239 g/mol. The van der Waals surface area contributed by atoms with Crippen molar-refractivity contribution in [1.29, 1.82) is 0 Å². The molecule has 0 aliphatic heterocycles. The summed E-state index contributed by atoms with van der Waals surface area (Å²) >= 11 is 5.72. The molecule has 0 unspecified atom stereocenters. The highest BCUT2D eigenvalue weighted by Crippen LogP contribution is 2.15. The molecule has 0 bridgehead atoms. The van der Waals surface area contributed by atoms with Crippen LogP contribution in [0.25, 0.3) is 11.0 Å². The monoisotopic (exact) mass is 238 g/mol. The van der Waals surface area contributed by atoms with Crippen molar-refractivity contribution in [2.75, 3.05) is 6.61 Å². The predicted molar refractivity (Wildman–Crippen MR) is 61.6 cm³/mol. The Bertz CT molecular complexity index is 522. The number of rotatable bonds is 3. The lowest BCUT2D eigenvalue weighted by Gasteiger charge is -1.95. The van der Waals surface area contributed by atoms with E-state index in [9.17, 15) is 4.79 Å². The SMILES string of the molecule is CCOC(=O)c1nc2ccc(CCl)cc2[nH]1. The number of benzene rings is 1. The molecule has 0 amide bonds. The number of imidazole rings is 1. The van der Waals surface area contributed by atoms with Gasteiger partial charge in [-0.15, -0.1) is 11.6 Å². The average Bonchev–Trinajstić information content (AvgIpc) is 2.71. The smallest absolute Gasteiger partial charge is 0.374 e. The van der Waals surface area contributed by atoms with Crippen molar-refractivity contribution >= 4 is 28.6 Å². The predicted octanol–water partition coefficient (Wildman–Crippen LogP) is 2.48. The molecule has 0 aliphatic carbocycles. The topological polar surface area (TPSA) is 55.0 Å². The standard InChI is InChI=1S/C11H11ClN2O2/c1-2-16-11(15)10-13-8-4-3-7(6-12)5-9(8)14-10/h3-5H,2,6H2,1H3,(H,13,14). The lowest BCUT2D eigenvalue weighted by Crippen LogP contribution is -2.06. The van der Waals surface area contributed by atoms with Gasteiger partial charge in [0.1, 0.15) is 0 Å². The number of H-pyrrole nitrogens is 1. The van der Waals surface area contributed by atoms with Gasteiger partial charge < -0.3 is 9.72 Å². The molecule has 1 aromatic carbocycles. The van der Waals surface area contributed by atoms with Crippen LogP contribution < -0.4 is 0 Å². The van der Waals surface area contributed by atoms with Gasteiger partial charge in [-0.1, -0.05) is 6.07 Å². The van der Waals surface area contributed by atoms with E-state index in [-0.39, 0.29) is 5.82 Å². The van der Waals surface area contributed by atoms with E-state index in [1.807, 2.05) is 18.2 Å². The van der Waals surface area contributed by atoms with Gasteiger partial charge in [-0.3, -0.25) is 0 Å². The van der Waals surface area contributed by atoms with Crippen molar-refractivity contribution < 1.29 is 9.53 Å². The first-order valence-corrected chi connectivity index (χ1v) is 5.49. The maximum atomic E-state index is 11.4. The quantitative estimate of drug-likeness (QED) is 0.660. The molecule has 2 aromatic rings. The highest BCUT2D eigenvalue weighted by molar-refractivity contribution is 6.17. The summed E-state index contributed by atoms with van der Waals surface area (Å²) in [7, 11) is 0. The Balaban J connectivity index is 2.39. The van der Waals surface area contributed by atoms with E-state index in [0.717, 1.165) is 16.6 Å². The number of hydrogen-bond acceptors (Lipinski definition) is 3. The van der Waals surface area contributed by atoms with Gasteiger partial charge in [-0.05, 0) is 24.6 Å². The van der Waals surface area contributed by atoms with Crippen LogP contribution in [-0.4, -0.2) is 22.5 Å². The van der Waals surface area contributed by atoms with Crippen LogP contribution >= 0.6 is 11.6 Å². The van der Waals surface area contributed by atoms with Crippen LogP contribution in [0.5, 0.6) is 0 Å². The molecule has 1 heterocycles. The molecule has 0 radical (unpaired) electrons.